The average molecular weight is 443 g/mol. The molecule has 0 atom stereocenters. The predicted octanol–water partition coefficient (Wildman–Crippen LogP) is 2.46. The number of aryl methyl sites for hydroxylation is 1. The van der Waals surface area contributed by atoms with E-state index in [1.165, 1.54) is 28.2 Å². The summed E-state index contributed by atoms with van der Waals surface area (Å²) >= 11 is 1.37. The van der Waals surface area contributed by atoms with Crippen molar-refractivity contribution in [3.63, 3.8) is 0 Å². The summed E-state index contributed by atoms with van der Waals surface area (Å²) in [5, 5.41) is 9.69. The summed E-state index contributed by atoms with van der Waals surface area (Å²) in [6.07, 6.45) is 2.49. The summed E-state index contributed by atoms with van der Waals surface area (Å²) < 4.78 is 0. The normalized spacial score (nSPS) is 17.3. The Morgan fingerprint density at radius 2 is 1.87 bits per heavy atom. The highest BCUT2D eigenvalue weighted by atomic mass is 32.1. The third kappa shape index (κ3) is 4.66. The summed E-state index contributed by atoms with van der Waals surface area (Å²) in [6, 6.07) is 6.39. The van der Waals surface area contributed by atoms with Crippen molar-refractivity contribution in [1.82, 2.24) is 15.1 Å². The molecule has 0 aliphatic carbocycles. The quantitative estimate of drug-likeness (QED) is 0.708. The largest absolute Gasteiger partial charge is 0.368 e. The zero-order valence-electron chi connectivity index (χ0n) is 18.5. The van der Waals surface area contributed by atoms with Crippen LogP contribution in [-0.4, -0.2) is 73.2 Å². The molecule has 3 heterocycles. The molecule has 2 saturated heterocycles. The molecular weight excluding hydrogens is 412 g/mol. The molecule has 0 bridgehead atoms. The number of amides is 2. The second-order valence-corrected chi connectivity index (χ2v) is 9.25. The van der Waals surface area contributed by atoms with Gasteiger partial charge in [0.1, 0.15) is 0 Å². The van der Waals surface area contributed by atoms with Crippen LogP contribution in [-0.2, 0) is 9.59 Å². The van der Waals surface area contributed by atoms with Crippen molar-refractivity contribution < 1.29 is 9.59 Å². The van der Waals surface area contributed by atoms with Crippen LogP contribution in [0.1, 0.15) is 30.4 Å². The average Bonchev–Trinajstić information content (AvgIpc) is 3.26. The standard InChI is InChI=1S/C22H30N6O2S/c1-16-7-6-8-18(17(16)2)26-11-13-27(14-12-26)20(30)15-25(3)21-23-24-22(31-21)28-10-5-4-9-19(28)29/h6-8H,4-5,9-15H2,1-3H3. The number of carbonyl (C=O) groups is 2. The van der Waals surface area contributed by atoms with Crippen molar-refractivity contribution in [2.24, 2.45) is 0 Å². The van der Waals surface area contributed by atoms with Crippen molar-refractivity contribution in [2.45, 2.75) is 33.1 Å². The number of piperidine rings is 1. The summed E-state index contributed by atoms with van der Waals surface area (Å²) in [7, 11) is 1.85. The second-order valence-electron chi connectivity index (χ2n) is 8.31. The molecule has 0 saturated carbocycles. The van der Waals surface area contributed by atoms with Crippen LogP contribution in [0.2, 0.25) is 0 Å². The van der Waals surface area contributed by atoms with Crippen molar-refractivity contribution >= 4 is 39.1 Å². The van der Waals surface area contributed by atoms with Crippen LogP contribution in [0, 0.1) is 13.8 Å². The molecule has 1 aromatic heterocycles. The molecule has 0 spiro atoms. The van der Waals surface area contributed by atoms with Gasteiger partial charge in [-0.1, -0.05) is 23.5 Å². The van der Waals surface area contributed by atoms with E-state index < -0.39 is 0 Å². The van der Waals surface area contributed by atoms with Gasteiger partial charge < -0.3 is 14.7 Å². The Morgan fingerprint density at radius 3 is 2.61 bits per heavy atom. The van der Waals surface area contributed by atoms with E-state index in [1.54, 1.807) is 4.90 Å². The van der Waals surface area contributed by atoms with Crippen molar-refractivity contribution in [3.8, 4) is 0 Å². The van der Waals surface area contributed by atoms with Crippen LogP contribution in [0.4, 0.5) is 16.0 Å². The maximum Gasteiger partial charge on any atom is 0.242 e. The Hall–Kier alpha value is -2.68. The fourth-order valence-corrected chi connectivity index (χ4v) is 4.98. The maximum atomic E-state index is 12.9. The van der Waals surface area contributed by atoms with Gasteiger partial charge in [-0.2, -0.15) is 0 Å². The van der Waals surface area contributed by atoms with Crippen LogP contribution >= 0.6 is 11.3 Å². The highest BCUT2D eigenvalue weighted by Gasteiger charge is 2.26. The zero-order chi connectivity index (χ0) is 22.0. The molecule has 2 fully saturated rings. The number of hydrogen-bond donors (Lipinski definition) is 0. The topological polar surface area (TPSA) is 72.9 Å². The molecule has 31 heavy (non-hydrogen) atoms. The summed E-state index contributed by atoms with van der Waals surface area (Å²) in [5.74, 6) is 0.198. The number of aromatic nitrogens is 2. The molecule has 2 aliphatic rings. The Bertz CT molecular complexity index is 953. The maximum absolute atomic E-state index is 12.9. The Kier molecular flexibility index (Phi) is 6.41. The summed E-state index contributed by atoms with van der Waals surface area (Å²) in [5.41, 5.74) is 3.86. The number of likely N-dealkylation sites (N-methyl/N-ethyl adjacent to an activating group) is 1. The molecule has 2 aliphatic heterocycles. The number of rotatable bonds is 5. The van der Waals surface area contributed by atoms with Gasteiger partial charge in [0.15, 0.2) is 0 Å². The van der Waals surface area contributed by atoms with Crippen molar-refractivity contribution in [1.29, 1.82) is 0 Å². The van der Waals surface area contributed by atoms with Gasteiger partial charge in [0, 0.05) is 51.9 Å². The van der Waals surface area contributed by atoms with Gasteiger partial charge in [0.25, 0.3) is 0 Å². The van der Waals surface area contributed by atoms with E-state index in [0.717, 1.165) is 25.9 Å². The summed E-state index contributed by atoms with van der Waals surface area (Å²) in [6.45, 7) is 8.33. The van der Waals surface area contributed by atoms with Crippen LogP contribution in [0.5, 0.6) is 0 Å². The number of hydrogen-bond acceptors (Lipinski definition) is 7. The first-order valence-electron chi connectivity index (χ1n) is 10.9. The zero-order valence-corrected chi connectivity index (χ0v) is 19.3. The minimum absolute atomic E-state index is 0.0916. The first-order chi connectivity index (χ1) is 14.9. The first kappa shape index (κ1) is 21.5. The van der Waals surface area contributed by atoms with E-state index in [4.69, 9.17) is 0 Å². The van der Waals surface area contributed by atoms with E-state index in [-0.39, 0.29) is 18.4 Å². The van der Waals surface area contributed by atoms with Gasteiger partial charge in [-0.25, -0.2) is 0 Å². The molecule has 0 radical (unpaired) electrons. The fraction of sp³-hybridized carbons (Fsp3) is 0.545. The van der Waals surface area contributed by atoms with Crippen LogP contribution in [0.25, 0.3) is 0 Å². The molecule has 0 unspecified atom stereocenters. The van der Waals surface area contributed by atoms with Gasteiger partial charge in [-0.3, -0.25) is 14.5 Å². The number of piperazine rings is 1. The number of anilines is 3. The lowest BCUT2D eigenvalue weighted by Crippen LogP contribution is -2.51. The SMILES string of the molecule is Cc1cccc(N2CCN(C(=O)CN(C)c3nnc(N4CCCCC4=O)s3)CC2)c1C. The third-order valence-corrected chi connectivity index (χ3v) is 7.27. The second kappa shape index (κ2) is 9.21. The van der Waals surface area contributed by atoms with Gasteiger partial charge in [0.2, 0.25) is 22.1 Å². The molecule has 166 valence electrons. The van der Waals surface area contributed by atoms with E-state index >= 15 is 0 Å². The third-order valence-electron chi connectivity index (χ3n) is 6.21. The van der Waals surface area contributed by atoms with E-state index in [2.05, 4.69) is 47.1 Å². The molecule has 2 aromatic rings. The predicted molar refractivity (Wildman–Crippen MR) is 124 cm³/mol. The lowest BCUT2D eigenvalue weighted by atomic mass is 10.1. The van der Waals surface area contributed by atoms with Gasteiger partial charge >= 0.3 is 0 Å². The fourth-order valence-electron chi connectivity index (χ4n) is 4.12. The van der Waals surface area contributed by atoms with Gasteiger partial charge in [-0.05, 0) is 43.9 Å². The van der Waals surface area contributed by atoms with Crippen LogP contribution in [0.15, 0.2) is 18.2 Å². The molecule has 4 rings (SSSR count). The molecular formula is C22H30N6O2S. The molecule has 1 aromatic carbocycles. The molecule has 9 heteroatoms. The summed E-state index contributed by atoms with van der Waals surface area (Å²) in [4.78, 5) is 32.8. The molecule has 8 nitrogen and oxygen atoms in total. The lowest BCUT2D eigenvalue weighted by Gasteiger charge is -2.37. The number of nitrogens with zero attached hydrogens (tertiary/aromatic N) is 6. The van der Waals surface area contributed by atoms with Crippen LogP contribution < -0.4 is 14.7 Å². The number of benzene rings is 1. The smallest absolute Gasteiger partial charge is 0.242 e. The minimum atomic E-state index is 0.0916. The Labute approximate surface area is 187 Å². The van der Waals surface area contributed by atoms with Crippen molar-refractivity contribution in [3.05, 3.63) is 29.3 Å². The monoisotopic (exact) mass is 442 g/mol. The van der Waals surface area contributed by atoms with Crippen molar-refractivity contribution in [2.75, 3.05) is 61.0 Å². The lowest BCUT2D eigenvalue weighted by molar-refractivity contribution is -0.130. The van der Waals surface area contributed by atoms with Gasteiger partial charge in [0.05, 0.1) is 6.54 Å². The van der Waals surface area contributed by atoms with E-state index in [9.17, 15) is 9.59 Å². The minimum Gasteiger partial charge on any atom is -0.368 e. The molecule has 2 amide bonds. The highest BCUT2D eigenvalue weighted by Crippen LogP contribution is 2.29. The van der Waals surface area contributed by atoms with Gasteiger partial charge in [-0.15, -0.1) is 10.2 Å². The first-order valence-corrected chi connectivity index (χ1v) is 11.7. The Morgan fingerprint density at radius 1 is 1.10 bits per heavy atom. The van der Waals surface area contributed by atoms with E-state index in [0.29, 0.717) is 36.3 Å². The van der Waals surface area contributed by atoms with E-state index in [1.807, 2.05) is 16.8 Å². The Balaban J connectivity index is 1.32. The highest BCUT2D eigenvalue weighted by molar-refractivity contribution is 7.19. The number of carbonyl (C=O) groups excluding carboxylic acids is 2. The van der Waals surface area contributed by atoms with Crippen LogP contribution in [0.3, 0.4) is 0 Å². The molecule has 0 N–H and O–H groups in total.